The van der Waals surface area contributed by atoms with Crippen molar-refractivity contribution in [3.63, 3.8) is 0 Å². The van der Waals surface area contributed by atoms with Crippen molar-refractivity contribution in [2.45, 2.75) is 25.2 Å². The standard InChI is InChI=1S/C13H14F5N3S/c1-3-5-6(4-2)13(19)20-21-22-12-10(17)8(15)7(14)9(16)11(12)18/h3,5,20-21H,4,19H2,1-2H3/b5-3-,13-6-. The summed E-state index contributed by atoms with van der Waals surface area (Å²) < 4.78 is 65.7. The molecule has 4 N–H and O–H groups in total. The number of hydrogen-bond donors (Lipinski definition) is 3. The van der Waals surface area contributed by atoms with Gasteiger partial charge in [0.15, 0.2) is 23.3 Å². The van der Waals surface area contributed by atoms with E-state index in [1.54, 1.807) is 19.1 Å². The fourth-order valence-electron chi connectivity index (χ4n) is 1.49. The monoisotopic (exact) mass is 339 g/mol. The van der Waals surface area contributed by atoms with E-state index in [1.807, 2.05) is 6.92 Å². The molecule has 3 nitrogen and oxygen atoms in total. The van der Waals surface area contributed by atoms with Crippen molar-refractivity contribution in [2.24, 2.45) is 5.73 Å². The molecule has 0 fully saturated rings. The minimum Gasteiger partial charge on any atom is -0.384 e. The molecule has 0 bridgehead atoms. The van der Waals surface area contributed by atoms with Crippen LogP contribution < -0.4 is 16.0 Å². The molecular formula is C13H14F5N3S. The molecule has 1 aromatic carbocycles. The first-order valence-electron chi connectivity index (χ1n) is 6.15. The summed E-state index contributed by atoms with van der Waals surface area (Å²) in [4.78, 5) is 1.19. The van der Waals surface area contributed by atoms with Gasteiger partial charge in [0.2, 0.25) is 5.82 Å². The lowest BCUT2D eigenvalue weighted by atomic mass is 10.2. The first kappa shape index (κ1) is 18.3. The number of benzene rings is 1. The maximum absolute atomic E-state index is 13.4. The molecule has 0 aliphatic rings. The highest BCUT2D eigenvalue weighted by molar-refractivity contribution is 7.97. The van der Waals surface area contributed by atoms with Crippen LogP contribution in [0.4, 0.5) is 22.0 Å². The van der Waals surface area contributed by atoms with Crippen LogP contribution >= 0.6 is 11.9 Å². The normalized spacial score (nSPS) is 12.7. The molecule has 0 heterocycles. The molecule has 1 rings (SSSR count). The first-order chi connectivity index (χ1) is 10.3. The Balaban J connectivity index is 2.91. The van der Waals surface area contributed by atoms with Gasteiger partial charge in [-0.05, 0) is 30.9 Å². The lowest BCUT2D eigenvalue weighted by Gasteiger charge is -2.12. The van der Waals surface area contributed by atoms with Gasteiger partial charge in [-0.25, -0.2) is 22.0 Å². The summed E-state index contributed by atoms with van der Waals surface area (Å²) in [5, 5.41) is 0. The summed E-state index contributed by atoms with van der Waals surface area (Å²) in [5.74, 6) is -9.88. The van der Waals surface area contributed by atoms with E-state index in [0.717, 1.165) is 0 Å². The van der Waals surface area contributed by atoms with Crippen LogP contribution in [0.3, 0.4) is 0 Å². The highest BCUT2D eigenvalue weighted by Crippen LogP contribution is 2.28. The van der Waals surface area contributed by atoms with Gasteiger partial charge < -0.3 is 5.73 Å². The average Bonchev–Trinajstić information content (AvgIpc) is 2.51. The van der Waals surface area contributed by atoms with E-state index in [0.29, 0.717) is 12.0 Å². The van der Waals surface area contributed by atoms with E-state index < -0.39 is 34.0 Å². The minimum absolute atomic E-state index is 0.164. The number of rotatable bonds is 6. The molecule has 0 saturated carbocycles. The molecule has 0 radical (unpaired) electrons. The third kappa shape index (κ3) is 3.92. The van der Waals surface area contributed by atoms with E-state index >= 15 is 0 Å². The molecule has 0 atom stereocenters. The van der Waals surface area contributed by atoms with Gasteiger partial charge in [-0.2, -0.15) is 4.83 Å². The van der Waals surface area contributed by atoms with Gasteiger partial charge in [0, 0.05) is 0 Å². The Kier molecular flexibility index (Phi) is 6.69. The van der Waals surface area contributed by atoms with Crippen LogP contribution in [0.25, 0.3) is 0 Å². The molecular weight excluding hydrogens is 325 g/mol. The van der Waals surface area contributed by atoms with Crippen molar-refractivity contribution in [3.8, 4) is 0 Å². The molecule has 0 spiro atoms. The van der Waals surface area contributed by atoms with Gasteiger partial charge in [-0.1, -0.05) is 19.1 Å². The second-order valence-corrected chi connectivity index (χ2v) is 4.84. The van der Waals surface area contributed by atoms with E-state index in [1.165, 1.54) is 0 Å². The molecule has 0 saturated heterocycles. The fourth-order valence-corrected chi connectivity index (χ4v) is 2.11. The number of allylic oxidation sites excluding steroid dienone is 3. The maximum Gasteiger partial charge on any atom is 0.200 e. The quantitative estimate of drug-likeness (QED) is 0.185. The van der Waals surface area contributed by atoms with Crippen LogP contribution in [0.2, 0.25) is 0 Å². The Bertz CT molecular complexity index is 587. The lowest BCUT2D eigenvalue weighted by molar-refractivity contribution is 0.360. The Morgan fingerprint density at radius 1 is 1.05 bits per heavy atom. The van der Waals surface area contributed by atoms with Crippen LogP contribution in [0.1, 0.15) is 20.3 Å². The number of nitrogens with one attached hydrogen (secondary N) is 2. The third-order valence-electron chi connectivity index (χ3n) is 2.60. The lowest BCUT2D eigenvalue weighted by Crippen LogP contribution is -2.31. The van der Waals surface area contributed by atoms with Crippen molar-refractivity contribution in [2.75, 3.05) is 0 Å². The zero-order valence-corrected chi connectivity index (χ0v) is 12.6. The van der Waals surface area contributed by atoms with E-state index in [2.05, 4.69) is 10.3 Å². The number of hydrogen-bond acceptors (Lipinski definition) is 4. The van der Waals surface area contributed by atoms with Crippen LogP contribution in [0.15, 0.2) is 28.4 Å². The van der Waals surface area contributed by atoms with Gasteiger partial charge in [0.05, 0.1) is 0 Å². The van der Waals surface area contributed by atoms with Gasteiger partial charge in [0.1, 0.15) is 10.7 Å². The Morgan fingerprint density at radius 3 is 2.00 bits per heavy atom. The second kappa shape index (κ2) is 8.04. The van der Waals surface area contributed by atoms with Gasteiger partial charge in [0.25, 0.3) is 0 Å². The molecule has 0 aliphatic heterocycles. The first-order valence-corrected chi connectivity index (χ1v) is 6.97. The zero-order valence-electron chi connectivity index (χ0n) is 11.7. The number of halogens is 5. The summed E-state index contributed by atoms with van der Waals surface area (Å²) in [6, 6.07) is 0. The van der Waals surface area contributed by atoms with Crippen molar-refractivity contribution in [1.82, 2.24) is 10.3 Å². The predicted molar refractivity (Wildman–Crippen MR) is 74.7 cm³/mol. The average molecular weight is 339 g/mol. The molecule has 0 aliphatic carbocycles. The van der Waals surface area contributed by atoms with Crippen LogP contribution in [0, 0.1) is 29.1 Å². The summed E-state index contributed by atoms with van der Waals surface area (Å²) in [6.07, 6.45) is 4.04. The van der Waals surface area contributed by atoms with Crippen LogP contribution in [-0.4, -0.2) is 0 Å². The summed E-state index contributed by atoms with van der Waals surface area (Å²) in [5.41, 5.74) is 8.81. The van der Waals surface area contributed by atoms with Crippen molar-refractivity contribution in [3.05, 3.63) is 52.6 Å². The minimum atomic E-state index is -2.20. The molecule has 0 aromatic heterocycles. The van der Waals surface area contributed by atoms with Crippen molar-refractivity contribution < 1.29 is 22.0 Å². The molecule has 9 heteroatoms. The Labute approximate surface area is 128 Å². The molecule has 22 heavy (non-hydrogen) atoms. The maximum atomic E-state index is 13.4. The van der Waals surface area contributed by atoms with E-state index in [-0.39, 0.29) is 17.8 Å². The van der Waals surface area contributed by atoms with E-state index in [9.17, 15) is 22.0 Å². The Hall–Kier alpha value is -1.74. The highest BCUT2D eigenvalue weighted by atomic mass is 32.2. The van der Waals surface area contributed by atoms with Gasteiger partial charge in [-0.3, -0.25) is 5.43 Å². The van der Waals surface area contributed by atoms with Crippen molar-refractivity contribution in [1.29, 1.82) is 0 Å². The SMILES string of the molecule is C/C=C\C(CC)=C(\N)NNSc1c(F)c(F)c(F)c(F)c1F. The molecule has 0 amide bonds. The number of hydrazine groups is 1. The van der Waals surface area contributed by atoms with Gasteiger partial charge >= 0.3 is 0 Å². The smallest absolute Gasteiger partial charge is 0.200 e. The summed E-state index contributed by atoms with van der Waals surface area (Å²) in [7, 11) is 0. The van der Waals surface area contributed by atoms with Gasteiger partial charge in [-0.15, -0.1) is 0 Å². The largest absolute Gasteiger partial charge is 0.384 e. The van der Waals surface area contributed by atoms with Crippen LogP contribution in [-0.2, 0) is 0 Å². The predicted octanol–water partition coefficient (Wildman–Crippen LogP) is 3.64. The summed E-state index contributed by atoms with van der Waals surface area (Å²) in [6.45, 7) is 3.61. The summed E-state index contributed by atoms with van der Waals surface area (Å²) >= 11 is 0.189. The van der Waals surface area contributed by atoms with E-state index in [4.69, 9.17) is 5.73 Å². The topological polar surface area (TPSA) is 50.1 Å². The molecule has 122 valence electrons. The molecule has 1 aromatic rings. The fraction of sp³-hybridized carbons (Fsp3) is 0.231. The number of nitrogens with two attached hydrogens (primary N) is 1. The van der Waals surface area contributed by atoms with Crippen LogP contribution in [0.5, 0.6) is 0 Å². The third-order valence-corrected chi connectivity index (χ3v) is 3.37. The zero-order chi connectivity index (χ0) is 16.9. The second-order valence-electron chi connectivity index (χ2n) is 4.02. The van der Waals surface area contributed by atoms with Crippen molar-refractivity contribution >= 4 is 11.9 Å². The Morgan fingerprint density at radius 2 is 1.55 bits per heavy atom. The molecule has 0 unspecified atom stereocenters. The highest BCUT2D eigenvalue weighted by Gasteiger charge is 2.26.